The van der Waals surface area contributed by atoms with Crippen molar-refractivity contribution < 1.29 is 4.74 Å². The van der Waals surface area contributed by atoms with Gasteiger partial charge in [-0.3, -0.25) is 0 Å². The second-order valence-electron chi connectivity index (χ2n) is 6.64. The molecule has 2 heteroatoms. The van der Waals surface area contributed by atoms with Gasteiger partial charge in [0.2, 0.25) is 0 Å². The Morgan fingerprint density at radius 3 is 2.26 bits per heavy atom. The molecule has 108 valence electrons. The van der Waals surface area contributed by atoms with Gasteiger partial charge >= 0.3 is 0 Å². The normalized spacial score (nSPS) is 12.0. The molecule has 0 fully saturated rings. The molecule has 0 aliphatic carbocycles. The van der Waals surface area contributed by atoms with Crippen molar-refractivity contribution in [2.45, 2.75) is 54.5 Å². The van der Waals surface area contributed by atoms with E-state index >= 15 is 0 Å². The highest BCUT2D eigenvalue weighted by Gasteiger charge is 2.20. The molecule has 0 radical (unpaired) electrons. The summed E-state index contributed by atoms with van der Waals surface area (Å²) in [5.41, 5.74) is 3.90. The van der Waals surface area contributed by atoms with Gasteiger partial charge in [0.15, 0.2) is 0 Å². The molecule has 0 aliphatic heterocycles. The van der Waals surface area contributed by atoms with Gasteiger partial charge in [-0.15, -0.1) is 0 Å². The first kappa shape index (κ1) is 16.0. The molecule has 0 heterocycles. The molecular weight excluding hydrogens is 234 g/mol. The van der Waals surface area contributed by atoms with Crippen LogP contribution in [0.1, 0.15) is 44.4 Å². The van der Waals surface area contributed by atoms with Crippen molar-refractivity contribution in [3.05, 3.63) is 28.8 Å². The van der Waals surface area contributed by atoms with Crippen molar-refractivity contribution >= 4 is 0 Å². The van der Waals surface area contributed by atoms with Crippen LogP contribution in [0.25, 0.3) is 0 Å². The Morgan fingerprint density at radius 1 is 1.11 bits per heavy atom. The topological polar surface area (TPSA) is 21.3 Å². The molecule has 0 unspecified atom stereocenters. The molecule has 0 bridgehead atoms. The minimum atomic E-state index is 0.132. The zero-order chi connectivity index (χ0) is 14.6. The monoisotopic (exact) mass is 263 g/mol. The van der Waals surface area contributed by atoms with Gasteiger partial charge in [-0.1, -0.05) is 39.8 Å². The lowest BCUT2D eigenvalue weighted by atomic mass is 9.94. The molecule has 0 aliphatic rings. The van der Waals surface area contributed by atoms with Crippen molar-refractivity contribution in [2.75, 3.05) is 13.2 Å². The van der Waals surface area contributed by atoms with Gasteiger partial charge in [0, 0.05) is 18.0 Å². The molecule has 1 aromatic carbocycles. The highest BCUT2D eigenvalue weighted by molar-refractivity contribution is 5.44. The number of hydrogen-bond donors (Lipinski definition) is 1. The van der Waals surface area contributed by atoms with E-state index in [2.05, 4.69) is 65.9 Å². The van der Waals surface area contributed by atoms with E-state index in [4.69, 9.17) is 4.74 Å². The van der Waals surface area contributed by atoms with Gasteiger partial charge in [0.25, 0.3) is 0 Å². The summed E-state index contributed by atoms with van der Waals surface area (Å²) in [6.45, 7) is 16.9. The minimum absolute atomic E-state index is 0.132. The number of aryl methyl sites for hydroxylation is 2. The van der Waals surface area contributed by atoms with Crippen LogP contribution in [0.5, 0.6) is 5.75 Å². The third-order valence-corrected chi connectivity index (χ3v) is 3.47. The fourth-order valence-corrected chi connectivity index (χ4v) is 1.95. The van der Waals surface area contributed by atoms with E-state index in [-0.39, 0.29) is 5.41 Å². The maximum atomic E-state index is 6.11. The van der Waals surface area contributed by atoms with E-state index in [9.17, 15) is 0 Å². The maximum Gasteiger partial charge on any atom is 0.125 e. The van der Waals surface area contributed by atoms with Crippen LogP contribution >= 0.6 is 0 Å². The van der Waals surface area contributed by atoms with Gasteiger partial charge < -0.3 is 10.1 Å². The smallest absolute Gasteiger partial charge is 0.125 e. The SMILES string of the molecule is Cc1ccc(C)c(OCC(C)(C)CNC(C)C)c1C. The highest BCUT2D eigenvalue weighted by atomic mass is 16.5. The van der Waals surface area contributed by atoms with Crippen molar-refractivity contribution in [3.63, 3.8) is 0 Å². The average Bonchev–Trinajstić information content (AvgIpc) is 2.32. The Labute approximate surface area is 118 Å². The summed E-state index contributed by atoms with van der Waals surface area (Å²) in [6, 6.07) is 4.81. The summed E-state index contributed by atoms with van der Waals surface area (Å²) in [5.74, 6) is 1.05. The van der Waals surface area contributed by atoms with E-state index in [0.29, 0.717) is 6.04 Å². The molecule has 1 aromatic rings. The van der Waals surface area contributed by atoms with E-state index in [1.165, 1.54) is 16.7 Å². The van der Waals surface area contributed by atoms with Gasteiger partial charge in [-0.05, 0) is 37.5 Å². The lowest BCUT2D eigenvalue weighted by Crippen LogP contribution is -2.37. The van der Waals surface area contributed by atoms with Crippen LogP contribution in [0, 0.1) is 26.2 Å². The molecule has 0 saturated carbocycles. The predicted octanol–water partition coefficient (Wildman–Crippen LogP) is 4.01. The number of benzene rings is 1. The number of hydrogen-bond acceptors (Lipinski definition) is 2. The predicted molar refractivity (Wildman–Crippen MR) is 83.1 cm³/mol. The van der Waals surface area contributed by atoms with E-state index in [0.717, 1.165) is 18.9 Å². The molecule has 0 aromatic heterocycles. The molecule has 1 N–H and O–H groups in total. The molecule has 1 rings (SSSR count). The summed E-state index contributed by atoms with van der Waals surface area (Å²) >= 11 is 0. The lowest BCUT2D eigenvalue weighted by Gasteiger charge is -2.27. The molecule has 0 saturated heterocycles. The zero-order valence-electron chi connectivity index (χ0n) is 13.6. The van der Waals surface area contributed by atoms with Gasteiger partial charge in [0.1, 0.15) is 5.75 Å². The van der Waals surface area contributed by atoms with Gasteiger partial charge in [-0.25, -0.2) is 0 Å². The van der Waals surface area contributed by atoms with E-state index < -0.39 is 0 Å². The quantitative estimate of drug-likeness (QED) is 0.837. The summed E-state index contributed by atoms with van der Waals surface area (Å²) < 4.78 is 6.11. The summed E-state index contributed by atoms with van der Waals surface area (Å²) in [5, 5.41) is 3.48. The Balaban J connectivity index is 2.68. The average molecular weight is 263 g/mol. The van der Waals surface area contributed by atoms with Crippen LogP contribution in [-0.2, 0) is 0 Å². The van der Waals surface area contributed by atoms with Crippen LogP contribution in [0.4, 0.5) is 0 Å². The van der Waals surface area contributed by atoms with Crippen LogP contribution in [-0.4, -0.2) is 19.2 Å². The standard InChI is InChI=1S/C17H29NO/c1-12(2)18-10-17(6,7)11-19-16-14(4)9-8-13(3)15(16)5/h8-9,12,18H,10-11H2,1-7H3. The first-order valence-electron chi connectivity index (χ1n) is 7.16. The Hall–Kier alpha value is -1.02. The second-order valence-corrected chi connectivity index (χ2v) is 6.64. The van der Waals surface area contributed by atoms with Crippen LogP contribution in [0.15, 0.2) is 12.1 Å². The second kappa shape index (κ2) is 6.42. The fourth-order valence-electron chi connectivity index (χ4n) is 1.95. The Bertz CT molecular complexity index is 422. The number of ether oxygens (including phenoxy) is 1. The minimum Gasteiger partial charge on any atom is -0.492 e. The Kier molecular flexibility index (Phi) is 5.42. The molecule has 0 amide bonds. The van der Waals surface area contributed by atoms with Crippen LogP contribution in [0.3, 0.4) is 0 Å². The zero-order valence-corrected chi connectivity index (χ0v) is 13.6. The van der Waals surface area contributed by atoms with Crippen molar-refractivity contribution in [1.82, 2.24) is 5.32 Å². The van der Waals surface area contributed by atoms with Crippen molar-refractivity contribution in [3.8, 4) is 5.75 Å². The highest BCUT2D eigenvalue weighted by Crippen LogP contribution is 2.27. The number of nitrogens with one attached hydrogen (secondary N) is 1. The summed E-state index contributed by atoms with van der Waals surface area (Å²) in [4.78, 5) is 0. The fraction of sp³-hybridized carbons (Fsp3) is 0.647. The van der Waals surface area contributed by atoms with E-state index in [1.54, 1.807) is 0 Å². The van der Waals surface area contributed by atoms with Crippen LogP contribution < -0.4 is 10.1 Å². The molecule has 2 nitrogen and oxygen atoms in total. The third-order valence-electron chi connectivity index (χ3n) is 3.47. The molecule has 0 atom stereocenters. The molecule has 0 spiro atoms. The Morgan fingerprint density at radius 2 is 1.68 bits per heavy atom. The summed E-state index contributed by atoms with van der Waals surface area (Å²) in [6.07, 6.45) is 0. The van der Waals surface area contributed by atoms with Gasteiger partial charge in [0.05, 0.1) is 6.61 Å². The van der Waals surface area contributed by atoms with Gasteiger partial charge in [-0.2, -0.15) is 0 Å². The van der Waals surface area contributed by atoms with Crippen molar-refractivity contribution in [2.24, 2.45) is 5.41 Å². The molecular formula is C17H29NO. The van der Waals surface area contributed by atoms with E-state index in [1.807, 2.05) is 0 Å². The first-order valence-corrected chi connectivity index (χ1v) is 7.16. The lowest BCUT2D eigenvalue weighted by molar-refractivity contribution is 0.172. The first-order chi connectivity index (χ1) is 8.73. The third kappa shape index (κ3) is 4.87. The molecule has 19 heavy (non-hydrogen) atoms. The van der Waals surface area contributed by atoms with Crippen LogP contribution in [0.2, 0.25) is 0 Å². The summed E-state index contributed by atoms with van der Waals surface area (Å²) in [7, 11) is 0. The van der Waals surface area contributed by atoms with Crippen molar-refractivity contribution in [1.29, 1.82) is 0 Å². The maximum absolute atomic E-state index is 6.11. The number of rotatable bonds is 6. The largest absolute Gasteiger partial charge is 0.492 e.